The lowest BCUT2D eigenvalue weighted by Crippen LogP contribution is -2.35. The van der Waals surface area contributed by atoms with Gasteiger partial charge in [0.25, 0.3) is 5.56 Å². The van der Waals surface area contributed by atoms with Crippen molar-refractivity contribution in [1.29, 1.82) is 0 Å². The maximum absolute atomic E-state index is 12.3. The number of hydrogen-bond donors (Lipinski definition) is 2. The van der Waals surface area contributed by atoms with E-state index in [1.165, 1.54) is 28.8 Å². The number of carbonyl (C=O) groups is 2. The molecule has 0 spiro atoms. The minimum Gasteiger partial charge on any atom is -0.453 e. The lowest BCUT2D eigenvalue weighted by atomic mass is 9.87. The molecule has 0 aromatic carbocycles. The predicted molar refractivity (Wildman–Crippen MR) is 101 cm³/mol. The lowest BCUT2D eigenvalue weighted by molar-refractivity contribution is 0.0479. The van der Waals surface area contributed by atoms with Crippen LogP contribution in [-0.4, -0.2) is 27.9 Å². The summed E-state index contributed by atoms with van der Waals surface area (Å²) in [5, 5.41) is 0. The molecule has 0 bridgehead atoms. The van der Waals surface area contributed by atoms with Gasteiger partial charge >= 0.3 is 11.7 Å². The number of hydrogen-bond acceptors (Lipinski definition) is 7. The van der Waals surface area contributed by atoms with E-state index in [0.717, 1.165) is 30.3 Å². The van der Waals surface area contributed by atoms with Crippen molar-refractivity contribution in [3.05, 3.63) is 47.8 Å². The zero-order valence-electron chi connectivity index (χ0n) is 15.2. The molecule has 0 saturated heterocycles. The van der Waals surface area contributed by atoms with Crippen LogP contribution in [-0.2, 0) is 24.6 Å². The Balaban J connectivity index is 1.71. The number of H-pyrrole nitrogens is 1. The second kappa shape index (κ2) is 7.51. The molecule has 9 heteroatoms. The number of carbonyl (C=O) groups excluding carboxylic acids is 2. The highest BCUT2D eigenvalue weighted by atomic mass is 32.1. The largest absolute Gasteiger partial charge is 0.453 e. The van der Waals surface area contributed by atoms with Crippen molar-refractivity contribution < 1.29 is 14.3 Å². The summed E-state index contributed by atoms with van der Waals surface area (Å²) in [5.41, 5.74) is 4.85. The van der Waals surface area contributed by atoms with Crippen molar-refractivity contribution in [2.24, 2.45) is 13.0 Å². The van der Waals surface area contributed by atoms with Gasteiger partial charge in [0.1, 0.15) is 16.3 Å². The highest BCUT2D eigenvalue weighted by Crippen LogP contribution is 2.33. The normalized spacial score (nSPS) is 16.0. The molecule has 1 atom stereocenters. The summed E-state index contributed by atoms with van der Waals surface area (Å²) in [5.74, 6) is -0.986. The van der Waals surface area contributed by atoms with E-state index in [1.807, 2.05) is 11.1 Å². The molecule has 2 aromatic rings. The molecule has 27 heavy (non-hydrogen) atoms. The Kier molecular flexibility index (Phi) is 5.31. The first kappa shape index (κ1) is 19.1. The monoisotopic (exact) mass is 391 g/mol. The molecule has 8 nitrogen and oxygen atoms in total. The van der Waals surface area contributed by atoms with Gasteiger partial charge < -0.3 is 10.5 Å². The fourth-order valence-electron chi connectivity index (χ4n) is 3.23. The number of esters is 1. The topological polar surface area (TPSA) is 124 Å². The maximum atomic E-state index is 12.3. The molecule has 1 aliphatic rings. The number of nitrogen functional groups attached to an aromatic ring is 1. The van der Waals surface area contributed by atoms with Gasteiger partial charge in [0.05, 0.1) is 0 Å². The van der Waals surface area contributed by atoms with Crippen LogP contribution in [0.2, 0.25) is 0 Å². The van der Waals surface area contributed by atoms with Crippen molar-refractivity contribution in [3.63, 3.8) is 0 Å². The Bertz CT molecular complexity index is 1020. The minimum absolute atomic E-state index is 0.262. The number of ketones is 1. The van der Waals surface area contributed by atoms with Crippen LogP contribution in [0.3, 0.4) is 0 Å². The molecule has 2 aromatic heterocycles. The number of thiophene rings is 1. The summed E-state index contributed by atoms with van der Waals surface area (Å²) in [7, 11) is 1.33. The number of nitrogens with zero attached hydrogens (tertiary/aromatic N) is 1. The van der Waals surface area contributed by atoms with Gasteiger partial charge in [0.2, 0.25) is 5.78 Å². The zero-order chi connectivity index (χ0) is 19.7. The number of aromatic nitrogens is 2. The number of ether oxygens (including phenoxy) is 1. The molecule has 0 fully saturated rings. The van der Waals surface area contributed by atoms with Crippen molar-refractivity contribution in [2.45, 2.75) is 32.6 Å². The van der Waals surface area contributed by atoms with Crippen LogP contribution < -0.4 is 17.0 Å². The molecular weight excluding hydrogens is 370 g/mol. The highest BCUT2D eigenvalue weighted by molar-refractivity contribution is 7.14. The van der Waals surface area contributed by atoms with Crippen LogP contribution >= 0.6 is 11.3 Å². The van der Waals surface area contributed by atoms with Crippen LogP contribution in [0.15, 0.2) is 15.7 Å². The number of rotatable bonds is 5. The van der Waals surface area contributed by atoms with E-state index in [1.54, 1.807) is 0 Å². The van der Waals surface area contributed by atoms with E-state index < -0.39 is 29.6 Å². The quantitative estimate of drug-likeness (QED) is 0.584. The second-order valence-electron chi connectivity index (χ2n) is 6.65. The molecule has 0 radical (unpaired) electrons. The van der Waals surface area contributed by atoms with E-state index in [2.05, 4.69) is 6.92 Å². The van der Waals surface area contributed by atoms with Crippen LogP contribution in [0, 0.1) is 5.92 Å². The van der Waals surface area contributed by atoms with E-state index in [0.29, 0.717) is 10.8 Å². The van der Waals surface area contributed by atoms with Crippen LogP contribution in [0.25, 0.3) is 0 Å². The Morgan fingerprint density at radius 3 is 2.85 bits per heavy atom. The molecule has 0 amide bonds. The minimum atomic E-state index is -0.895. The van der Waals surface area contributed by atoms with Gasteiger partial charge in [0, 0.05) is 11.9 Å². The molecule has 0 saturated carbocycles. The number of fused-ring (bicyclic) bond motifs is 1. The first-order valence-corrected chi connectivity index (χ1v) is 9.54. The van der Waals surface area contributed by atoms with Crippen molar-refractivity contribution >= 4 is 28.9 Å². The number of nitrogens with one attached hydrogen (secondary N) is 1. The number of aryl methyl sites for hydroxylation is 1. The average Bonchev–Trinajstić information content (AvgIpc) is 3.07. The van der Waals surface area contributed by atoms with Gasteiger partial charge in [0.15, 0.2) is 6.61 Å². The third-order valence-electron chi connectivity index (χ3n) is 4.95. The van der Waals surface area contributed by atoms with E-state index in [-0.39, 0.29) is 11.4 Å². The fraction of sp³-hybridized carbons (Fsp3) is 0.444. The summed E-state index contributed by atoms with van der Waals surface area (Å²) in [6.45, 7) is 1.54. The molecule has 0 unspecified atom stereocenters. The number of anilines is 1. The molecule has 3 N–H and O–H groups in total. The SMILES string of the molecule is CC[C@@H]1CCc2sc(C(=O)OCC(=O)c3c(N)n(C)c(=O)[nH]c3=O)cc2C1. The smallest absolute Gasteiger partial charge is 0.348 e. The van der Waals surface area contributed by atoms with Gasteiger partial charge in [-0.15, -0.1) is 11.3 Å². The third-order valence-corrected chi connectivity index (χ3v) is 6.16. The summed E-state index contributed by atoms with van der Waals surface area (Å²) in [6.07, 6.45) is 4.14. The standard InChI is InChI=1S/C18H21N3O5S/c1-3-9-4-5-12-10(6-9)7-13(27-12)17(24)26-8-11(22)14-15(19)21(2)18(25)20-16(14)23/h7,9H,3-6,8,19H2,1-2H3,(H,20,23,25)/t9-/m1/s1. The Morgan fingerprint density at radius 1 is 1.41 bits per heavy atom. The molecule has 2 heterocycles. The predicted octanol–water partition coefficient (Wildman–Crippen LogP) is 1.27. The molecular formula is C18H21N3O5S. The third kappa shape index (κ3) is 3.73. The van der Waals surface area contributed by atoms with Gasteiger partial charge in [-0.05, 0) is 36.8 Å². The lowest BCUT2D eigenvalue weighted by Gasteiger charge is -2.19. The zero-order valence-corrected chi connectivity index (χ0v) is 16.0. The molecule has 0 aliphatic heterocycles. The van der Waals surface area contributed by atoms with Crippen molar-refractivity contribution in [2.75, 3.05) is 12.3 Å². The van der Waals surface area contributed by atoms with Crippen LogP contribution in [0.4, 0.5) is 5.82 Å². The summed E-state index contributed by atoms with van der Waals surface area (Å²) in [6, 6.07) is 1.84. The Hall–Kier alpha value is -2.68. The average molecular weight is 391 g/mol. The summed E-state index contributed by atoms with van der Waals surface area (Å²) >= 11 is 1.39. The Morgan fingerprint density at radius 2 is 2.15 bits per heavy atom. The van der Waals surface area contributed by atoms with Crippen LogP contribution in [0.5, 0.6) is 0 Å². The highest BCUT2D eigenvalue weighted by Gasteiger charge is 2.24. The van der Waals surface area contributed by atoms with E-state index >= 15 is 0 Å². The first-order valence-electron chi connectivity index (χ1n) is 8.72. The molecule has 3 rings (SSSR count). The van der Waals surface area contributed by atoms with Gasteiger partial charge in [-0.25, -0.2) is 9.59 Å². The van der Waals surface area contributed by atoms with Crippen molar-refractivity contribution in [3.8, 4) is 0 Å². The first-order chi connectivity index (χ1) is 12.8. The summed E-state index contributed by atoms with van der Waals surface area (Å²) < 4.78 is 6.03. The second-order valence-corrected chi connectivity index (χ2v) is 7.79. The Labute approximate surface area is 159 Å². The van der Waals surface area contributed by atoms with Gasteiger partial charge in [-0.3, -0.25) is 19.1 Å². The fourth-order valence-corrected chi connectivity index (χ4v) is 4.33. The van der Waals surface area contributed by atoms with Gasteiger partial charge in [-0.2, -0.15) is 0 Å². The number of aromatic amines is 1. The number of nitrogens with two attached hydrogens (primary N) is 1. The maximum Gasteiger partial charge on any atom is 0.348 e. The number of Topliss-reactive ketones (excluding diaryl/α,β-unsaturated/α-hetero) is 1. The van der Waals surface area contributed by atoms with Crippen molar-refractivity contribution in [1.82, 2.24) is 9.55 Å². The molecule has 144 valence electrons. The van der Waals surface area contributed by atoms with Crippen LogP contribution in [0.1, 0.15) is 50.2 Å². The molecule has 1 aliphatic carbocycles. The van der Waals surface area contributed by atoms with E-state index in [4.69, 9.17) is 10.5 Å². The van der Waals surface area contributed by atoms with Gasteiger partial charge in [-0.1, -0.05) is 13.3 Å². The van der Waals surface area contributed by atoms with E-state index in [9.17, 15) is 19.2 Å². The summed E-state index contributed by atoms with van der Waals surface area (Å²) in [4.78, 5) is 51.5.